The monoisotopic (exact) mass is 238 g/mol. The number of carbonyl (C=O) groups is 2. The van der Waals surface area contributed by atoms with Crippen molar-refractivity contribution in [1.29, 1.82) is 0 Å². The minimum Gasteiger partial charge on any atom is -0.480 e. The molecule has 0 aromatic heterocycles. The summed E-state index contributed by atoms with van der Waals surface area (Å²) >= 11 is 1.43. The van der Waals surface area contributed by atoms with Crippen molar-refractivity contribution in [1.82, 2.24) is 0 Å². The minimum atomic E-state index is -1.09. The molecule has 0 bridgehead atoms. The third-order valence-electron chi connectivity index (χ3n) is 2.26. The molecule has 1 heterocycles. The molecule has 1 amide bonds. The highest BCUT2D eigenvalue weighted by Crippen LogP contribution is 2.32. The lowest BCUT2D eigenvalue weighted by Gasteiger charge is -2.18. The van der Waals surface area contributed by atoms with Crippen LogP contribution in [-0.4, -0.2) is 22.7 Å². The maximum absolute atomic E-state index is 11.2. The number of carboxylic acids is 1. The molecule has 84 valence electrons. The third kappa shape index (κ3) is 2.02. The summed E-state index contributed by atoms with van der Waals surface area (Å²) in [6, 6.07) is 3.99. The van der Waals surface area contributed by atoms with Crippen molar-refractivity contribution in [2.45, 2.75) is 10.9 Å². The number of benzene rings is 1. The number of fused-ring (bicyclic) bond motifs is 1. The van der Waals surface area contributed by atoms with Crippen LogP contribution in [-0.2, 0) is 9.59 Å². The third-order valence-corrected chi connectivity index (χ3v) is 3.34. The molecule has 1 atom stereocenters. The van der Waals surface area contributed by atoms with E-state index < -0.39 is 12.0 Å². The van der Waals surface area contributed by atoms with Crippen LogP contribution in [0.15, 0.2) is 23.1 Å². The minimum absolute atomic E-state index is 0.0847. The fraction of sp³-hybridized carbons (Fsp3) is 0.200. The van der Waals surface area contributed by atoms with Crippen LogP contribution < -0.4 is 11.1 Å². The topological polar surface area (TPSA) is 92.4 Å². The molecule has 2 rings (SSSR count). The van der Waals surface area contributed by atoms with Crippen LogP contribution in [0, 0.1) is 0 Å². The van der Waals surface area contributed by atoms with Crippen molar-refractivity contribution >= 4 is 29.3 Å². The molecule has 0 aliphatic carbocycles. The molecule has 0 spiro atoms. The first kappa shape index (κ1) is 11.0. The SMILES string of the molecule is NC(C(=O)O)c1ccc2c(c1)NC(=O)CS2. The van der Waals surface area contributed by atoms with E-state index in [0.29, 0.717) is 17.0 Å². The largest absolute Gasteiger partial charge is 0.480 e. The Bertz CT molecular complexity index is 461. The number of rotatable bonds is 2. The van der Waals surface area contributed by atoms with E-state index in [9.17, 15) is 9.59 Å². The Morgan fingerprint density at radius 2 is 2.31 bits per heavy atom. The van der Waals surface area contributed by atoms with Crippen molar-refractivity contribution in [2.24, 2.45) is 5.73 Å². The molecule has 5 nitrogen and oxygen atoms in total. The van der Waals surface area contributed by atoms with Crippen LogP contribution in [0.4, 0.5) is 5.69 Å². The van der Waals surface area contributed by atoms with Gasteiger partial charge < -0.3 is 16.2 Å². The van der Waals surface area contributed by atoms with E-state index in [1.165, 1.54) is 11.8 Å². The lowest BCUT2D eigenvalue weighted by Crippen LogP contribution is -2.22. The fourth-order valence-electron chi connectivity index (χ4n) is 1.44. The molecule has 4 N–H and O–H groups in total. The summed E-state index contributed by atoms with van der Waals surface area (Å²) in [5.41, 5.74) is 6.60. The number of amides is 1. The molecule has 0 saturated heterocycles. The van der Waals surface area contributed by atoms with Gasteiger partial charge in [-0.15, -0.1) is 11.8 Å². The summed E-state index contributed by atoms with van der Waals surface area (Å²) in [4.78, 5) is 22.8. The van der Waals surface area contributed by atoms with Crippen LogP contribution >= 0.6 is 11.8 Å². The summed E-state index contributed by atoms with van der Waals surface area (Å²) < 4.78 is 0. The number of nitrogens with one attached hydrogen (secondary N) is 1. The van der Waals surface area contributed by atoms with E-state index >= 15 is 0 Å². The number of aliphatic carboxylic acids is 1. The standard InChI is InChI=1S/C10H10N2O3S/c11-9(10(14)15)5-1-2-7-6(3-5)12-8(13)4-16-7/h1-3,9H,4,11H2,(H,12,13)(H,14,15). The Morgan fingerprint density at radius 1 is 1.56 bits per heavy atom. The molecular weight excluding hydrogens is 228 g/mol. The van der Waals surface area contributed by atoms with Gasteiger partial charge in [0.25, 0.3) is 0 Å². The van der Waals surface area contributed by atoms with Gasteiger partial charge in [-0.2, -0.15) is 0 Å². The molecule has 1 unspecified atom stereocenters. The lowest BCUT2D eigenvalue weighted by atomic mass is 10.1. The van der Waals surface area contributed by atoms with Crippen molar-refractivity contribution in [3.63, 3.8) is 0 Å². The van der Waals surface area contributed by atoms with Crippen LogP contribution in [0.2, 0.25) is 0 Å². The van der Waals surface area contributed by atoms with E-state index in [2.05, 4.69) is 5.32 Å². The summed E-state index contributed by atoms with van der Waals surface area (Å²) in [6.07, 6.45) is 0. The number of carbonyl (C=O) groups excluding carboxylic acids is 1. The van der Waals surface area contributed by atoms with Gasteiger partial charge in [-0.05, 0) is 17.7 Å². The molecule has 1 aliphatic rings. The Kier molecular flexibility index (Phi) is 2.84. The summed E-state index contributed by atoms with van der Waals surface area (Å²) in [5, 5.41) is 11.5. The molecule has 1 aromatic rings. The average molecular weight is 238 g/mol. The number of nitrogens with two attached hydrogens (primary N) is 1. The van der Waals surface area contributed by atoms with E-state index in [-0.39, 0.29) is 5.91 Å². The second-order valence-corrected chi connectivity index (χ2v) is 4.43. The first-order chi connectivity index (χ1) is 7.58. The Hall–Kier alpha value is -1.53. The zero-order valence-electron chi connectivity index (χ0n) is 8.27. The number of hydrogen-bond donors (Lipinski definition) is 3. The first-order valence-electron chi connectivity index (χ1n) is 4.63. The van der Waals surface area contributed by atoms with Crippen LogP contribution in [0.5, 0.6) is 0 Å². The number of carboxylic acid groups (broad SMARTS) is 1. The van der Waals surface area contributed by atoms with Gasteiger partial charge in [0.1, 0.15) is 6.04 Å². The van der Waals surface area contributed by atoms with E-state index in [1.807, 2.05) is 0 Å². The first-order valence-corrected chi connectivity index (χ1v) is 5.61. The maximum Gasteiger partial charge on any atom is 0.325 e. The zero-order valence-corrected chi connectivity index (χ0v) is 9.08. The zero-order chi connectivity index (χ0) is 11.7. The smallest absolute Gasteiger partial charge is 0.325 e. The maximum atomic E-state index is 11.2. The highest BCUT2D eigenvalue weighted by atomic mass is 32.2. The van der Waals surface area contributed by atoms with Crippen molar-refractivity contribution in [3.8, 4) is 0 Å². The fourth-order valence-corrected chi connectivity index (χ4v) is 2.23. The number of anilines is 1. The normalized spacial score (nSPS) is 16.2. The Morgan fingerprint density at radius 3 is 3.00 bits per heavy atom. The molecule has 6 heteroatoms. The van der Waals surface area contributed by atoms with Gasteiger partial charge in [-0.3, -0.25) is 9.59 Å². The molecule has 1 aliphatic heterocycles. The predicted octanol–water partition coefficient (Wildman–Crippen LogP) is 0.815. The van der Waals surface area contributed by atoms with Gasteiger partial charge in [-0.1, -0.05) is 6.07 Å². The van der Waals surface area contributed by atoms with Gasteiger partial charge in [-0.25, -0.2) is 0 Å². The molecule has 0 saturated carbocycles. The van der Waals surface area contributed by atoms with Crippen molar-refractivity contribution < 1.29 is 14.7 Å². The Balaban J connectivity index is 2.34. The highest BCUT2D eigenvalue weighted by molar-refractivity contribution is 8.00. The van der Waals surface area contributed by atoms with Crippen LogP contribution in [0.25, 0.3) is 0 Å². The number of thioether (sulfide) groups is 1. The highest BCUT2D eigenvalue weighted by Gasteiger charge is 2.19. The van der Waals surface area contributed by atoms with E-state index in [1.54, 1.807) is 18.2 Å². The average Bonchev–Trinajstić information content (AvgIpc) is 2.26. The van der Waals surface area contributed by atoms with Crippen LogP contribution in [0.1, 0.15) is 11.6 Å². The summed E-state index contributed by atoms with van der Waals surface area (Å²) in [5.74, 6) is -0.787. The van der Waals surface area contributed by atoms with Crippen molar-refractivity contribution in [3.05, 3.63) is 23.8 Å². The quantitative estimate of drug-likeness (QED) is 0.709. The van der Waals surface area contributed by atoms with E-state index in [0.717, 1.165) is 4.90 Å². The lowest BCUT2D eigenvalue weighted by molar-refractivity contribution is -0.138. The van der Waals surface area contributed by atoms with Crippen molar-refractivity contribution in [2.75, 3.05) is 11.1 Å². The predicted molar refractivity (Wildman–Crippen MR) is 60.4 cm³/mol. The van der Waals surface area contributed by atoms with Gasteiger partial charge in [0.2, 0.25) is 5.91 Å². The van der Waals surface area contributed by atoms with Gasteiger partial charge in [0.15, 0.2) is 0 Å². The second-order valence-electron chi connectivity index (χ2n) is 3.41. The van der Waals surface area contributed by atoms with E-state index in [4.69, 9.17) is 10.8 Å². The molecule has 0 radical (unpaired) electrons. The van der Waals surface area contributed by atoms with Gasteiger partial charge in [0.05, 0.1) is 11.4 Å². The molecule has 1 aromatic carbocycles. The second kappa shape index (κ2) is 4.15. The van der Waals surface area contributed by atoms with Gasteiger partial charge in [0, 0.05) is 4.90 Å². The Labute approximate surface area is 96.0 Å². The van der Waals surface area contributed by atoms with Gasteiger partial charge >= 0.3 is 5.97 Å². The molecule has 0 fully saturated rings. The van der Waals surface area contributed by atoms with Crippen LogP contribution in [0.3, 0.4) is 0 Å². The summed E-state index contributed by atoms with van der Waals surface area (Å²) in [6.45, 7) is 0. The number of hydrogen-bond acceptors (Lipinski definition) is 4. The molecular formula is C10H10N2O3S. The molecule has 16 heavy (non-hydrogen) atoms. The summed E-state index contributed by atoms with van der Waals surface area (Å²) in [7, 11) is 0.